The van der Waals surface area contributed by atoms with Gasteiger partial charge in [0, 0.05) is 36.6 Å². The third-order valence-corrected chi connectivity index (χ3v) is 4.23. The van der Waals surface area contributed by atoms with Gasteiger partial charge in [0.25, 0.3) is 0 Å². The molecule has 0 fully saturated rings. The highest BCUT2D eigenvalue weighted by atomic mass is 16.2. The van der Waals surface area contributed by atoms with Crippen molar-refractivity contribution in [2.45, 2.75) is 38.6 Å². The van der Waals surface area contributed by atoms with E-state index < -0.39 is 0 Å². The molecular weight excluding hydrogens is 264 g/mol. The van der Waals surface area contributed by atoms with Crippen LogP contribution in [0.3, 0.4) is 0 Å². The highest BCUT2D eigenvalue weighted by Crippen LogP contribution is 2.25. The summed E-state index contributed by atoms with van der Waals surface area (Å²) >= 11 is 0. The maximum Gasteiger partial charge on any atom is 0.0865 e. The Morgan fingerprint density at radius 3 is 2.81 bits per heavy atom. The Labute approximate surface area is 125 Å². The summed E-state index contributed by atoms with van der Waals surface area (Å²) < 4.78 is 0. The number of hydrogen-bond acceptors (Lipinski definition) is 4. The van der Waals surface area contributed by atoms with E-state index in [1.807, 2.05) is 12.1 Å². The molecule has 0 radical (unpaired) electrons. The summed E-state index contributed by atoms with van der Waals surface area (Å²) in [5.74, 6) is 0. The molecule has 5 heteroatoms. The van der Waals surface area contributed by atoms with Crippen LogP contribution in [0.1, 0.15) is 44.3 Å². The number of hydrazine groups is 2. The first kappa shape index (κ1) is 14.2. The first-order valence-electron chi connectivity index (χ1n) is 7.66. The number of fused-ring (bicyclic) bond motifs is 1. The Morgan fingerprint density at radius 2 is 2.14 bits per heavy atom. The van der Waals surface area contributed by atoms with Gasteiger partial charge in [0.05, 0.1) is 6.04 Å². The first-order valence-corrected chi connectivity index (χ1v) is 7.66. The molecule has 1 aromatic heterocycles. The topological polar surface area (TPSA) is 54.5 Å². The van der Waals surface area contributed by atoms with Crippen LogP contribution < -0.4 is 16.1 Å². The van der Waals surface area contributed by atoms with Crippen molar-refractivity contribution in [2.75, 3.05) is 13.7 Å². The molecule has 5 nitrogen and oxygen atoms in total. The molecule has 0 aromatic carbocycles. The van der Waals surface area contributed by atoms with Gasteiger partial charge in [-0.1, -0.05) is 12.2 Å². The van der Waals surface area contributed by atoms with E-state index in [2.05, 4.69) is 46.9 Å². The van der Waals surface area contributed by atoms with Crippen LogP contribution in [-0.4, -0.2) is 33.8 Å². The van der Waals surface area contributed by atoms with E-state index in [4.69, 9.17) is 0 Å². The molecule has 0 bridgehead atoms. The van der Waals surface area contributed by atoms with Crippen LogP contribution in [0.2, 0.25) is 0 Å². The van der Waals surface area contributed by atoms with Crippen LogP contribution in [0.4, 0.5) is 0 Å². The predicted octanol–water partition coefficient (Wildman–Crippen LogP) is 0.711. The number of aliphatic hydroxyl groups is 1. The number of nitrogens with zero attached hydrogens (tertiary/aromatic N) is 2. The van der Waals surface area contributed by atoms with Crippen molar-refractivity contribution in [3.05, 3.63) is 34.2 Å². The zero-order valence-corrected chi connectivity index (χ0v) is 12.8. The fourth-order valence-electron chi connectivity index (χ4n) is 2.95. The minimum absolute atomic E-state index is 0.199. The predicted molar refractivity (Wildman–Crippen MR) is 83.8 cm³/mol. The van der Waals surface area contributed by atoms with E-state index >= 15 is 0 Å². The van der Waals surface area contributed by atoms with Gasteiger partial charge < -0.3 is 10.1 Å². The number of H-pyrrole nitrogens is 1. The van der Waals surface area contributed by atoms with Crippen molar-refractivity contribution in [1.29, 1.82) is 0 Å². The molecule has 1 atom stereocenters. The number of hydrogen-bond donors (Lipinski definition) is 3. The van der Waals surface area contributed by atoms with Crippen LogP contribution in [0.15, 0.2) is 18.0 Å². The first-order chi connectivity index (χ1) is 10.2. The highest BCUT2D eigenvalue weighted by molar-refractivity contribution is 5.37. The smallest absolute Gasteiger partial charge is 0.0865 e. The molecule has 2 aliphatic rings. The van der Waals surface area contributed by atoms with Crippen molar-refractivity contribution in [3.8, 4) is 0 Å². The van der Waals surface area contributed by atoms with Crippen molar-refractivity contribution in [1.82, 2.24) is 20.5 Å². The second kappa shape index (κ2) is 5.95. The van der Waals surface area contributed by atoms with Gasteiger partial charge in [-0.3, -0.25) is 10.0 Å². The summed E-state index contributed by atoms with van der Waals surface area (Å²) in [5.41, 5.74) is 5.73. The van der Waals surface area contributed by atoms with E-state index in [9.17, 15) is 5.11 Å². The lowest BCUT2D eigenvalue weighted by Crippen LogP contribution is -2.40. The maximum absolute atomic E-state index is 9.18. The Hall–Kier alpha value is -1.72. The summed E-state index contributed by atoms with van der Waals surface area (Å²) in [4.78, 5) is 3.55. The Morgan fingerprint density at radius 1 is 1.33 bits per heavy atom. The minimum atomic E-state index is 0.199. The summed E-state index contributed by atoms with van der Waals surface area (Å²) in [6, 6.07) is 2.44. The van der Waals surface area contributed by atoms with Gasteiger partial charge >= 0.3 is 0 Å². The van der Waals surface area contributed by atoms with Gasteiger partial charge in [-0.15, -0.1) is 5.53 Å². The fourth-order valence-corrected chi connectivity index (χ4v) is 2.95. The zero-order valence-electron chi connectivity index (χ0n) is 12.8. The SMILES string of the molecule is CC1=CN(C(CCCO)c2cc3c([nH]2)=CCCC=3)NN1C. The molecule has 0 saturated heterocycles. The van der Waals surface area contributed by atoms with Gasteiger partial charge in [0.2, 0.25) is 0 Å². The molecule has 1 aliphatic carbocycles. The van der Waals surface area contributed by atoms with E-state index in [1.165, 1.54) is 22.0 Å². The Bertz CT molecular complexity index is 612. The molecule has 3 N–H and O–H groups in total. The van der Waals surface area contributed by atoms with Crippen LogP contribution in [0.5, 0.6) is 0 Å². The third-order valence-electron chi connectivity index (χ3n) is 4.23. The molecule has 0 spiro atoms. The standard InChI is InChI=1S/C16H24N4O/c1-12-11-20(18-19(12)2)16(8-5-9-21)15-10-13-6-3-4-7-14(13)17-15/h6-7,10-11,16-18,21H,3-5,8-9H2,1-2H3. The molecule has 0 saturated carbocycles. The Balaban J connectivity index is 1.91. The fraction of sp³-hybridized carbons (Fsp3) is 0.500. The van der Waals surface area contributed by atoms with Crippen LogP contribution >= 0.6 is 0 Å². The third kappa shape index (κ3) is 2.84. The summed E-state index contributed by atoms with van der Waals surface area (Å²) in [5, 5.41) is 15.9. The van der Waals surface area contributed by atoms with Crippen LogP contribution in [-0.2, 0) is 0 Å². The minimum Gasteiger partial charge on any atom is -0.396 e. The van der Waals surface area contributed by atoms with Crippen molar-refractivity contribution >= 4 is 12.2 Å². The average molecular weight is 288 g/mol. The quantitative estimate of drug-likeness (QED) is 0.747. The highest BCUT2D eigenvalue weighted by Gasteiger charge is 2.24. The van der Waals surface area contributed by atoms with E-state index in [1.54, 1.807) is 0 Å². The van der Waals surface area contributed by atoms with Gasteiger partial charge in [0.15, 0.2) is 0 Å². The lowest BCUT2D eigenvalue weighted by molar-refractivity contribution is 0.0993. The largest absolute Gasteiger partial charge is 0.396 e. The summed E-state index contributed by atoms with van der Waals surface area (Å²) in [6.45, 7) is 2.30. The van der Waals surface area contributed by atoms with Crippen LogP contribution in [0.25, 0.3) is 12.2 Å². The normalized spacial score (nSPS) is 18.9. The molecule has 1 aromatic rings. The van der Waals surface area contributed by atoms with Gasteiger partial charge in [-0.25, -0.2) is 0 Å². The maximum atomic E-state index is 9.18. The van der Waals surface area contributed by atoms with E-state index in [-0.39, 0.29) is 12.6 Å². The lowest BCUT2D eigenvalue weighted by atomic mass is 10.1. The number of rotatable bonds is 5. The van der Waals surface area contributed by atoms with Gasteiger partial charge in [0.1, 0.15) is 0 Å². The number of nitrogens with one attached hydrogen (secondary N) is 2. The second-order valence-electron chi connectivity index (χ2n) is 5.80. The van der Waals surface area contributed by atoms with E-state index in [0.29, 0.717) is 0 Å². The lowest BCUT2D eigenvalue weighted by Gasteiger charge is -2.28. The molecule has 0 amide bonds. The molecule has 114 valence electrons. The van der Waals surface area contributed by atoms with Crippen molar-refractivity contribution in [3.63, 3.8) is 0 Å². The zero-order chi connectivity index (χ0) is 14.8. The Kier molecular flexibility index (Phi) is 4.03. The van der Waals surface area contributed by atoms with Gasteiger partial charge in [-0.05, 0) is 43.9 Å². The average Bonchev–Trinajstić information content (AvgIpc) is 3.04. The number of aromatic amines is 1. The van der Waals surface area contributed by atoms with Crippen LogP contribution in [0, 0.1) is 0 Å². The monoisotopic (exact) mass is 288 g/mol. The molecule has 3 rings (SSSR count). The molecule has 1 aliphatic heterocycles. The molecule has 21 heavy (non-hydrogen) atoms. The molecular formula is C16H24N4O. The number of allylic oxidation sites excluding steroid dienone is 1. The van der Waals surface area contributed by atoms with Crippen molar-refractivity contribution < 1.29 is 5.11 Å². The second-order valence-corrected chi connectivity index (χ2v) is 5.80. The number of aliphatic hydroxyl groups excluding tert-OH is 1. The molecule has 1 unspecified atom stereocenters. The summed E-state index contributed by atoms with van der Waals surface area (Å²) in [6.07, 6.45) is 10.6. The van der Waals surface area contributed by atoms with Crippen molar-refractivity contribution in [2.24, 2.45) is 0 Å². The van der Waals surface area contributed by atoms with Gasteiger partial charge in [-0.2, -0.15) is 0 Å². The summed E-state index contributed by atoms with van der Waals surface area (Å²) in [7, 11) is 2.01. The van der Waals surface area contributed by atoms with E-state index in [0.717, 1.165) is 25.7 Å². The molecule has 2 heterocycles. The number of aromatic nitrogens is 1.